The van der Waals surface area contributed by atoms with Gasteiger partial charge in [0, 0.05) is 0 Å². The summed E-state index contributed by atoms with van der Waals surface area (Å²) >= 11 is 0. The van der Waals surface area contributed by atoms with Crippen LogP contribution < -0.4 is 5.32 Å². The topological polar surface area (TPSA) is 49.0 Å². The third kappa shape index (κ3) is 1.47. The summed E-state index contributed by atoms with van der Waals surface area (Å²) in [5.74, 6) is 0. The SMILES string of the molecule is [O]C(=O)NC1c2ccccc2-c2ccccc21. The molecule has 0 aliphatic heterocycles. The van der Waals surface area contributed by atoms with E-state index in [9.17, 15) is 9.90 Å². The lowest BCUT2D eigenvalue weighted by Crippen LogP contribution is -2.25. The van der Waals surface area contributed by atoms with Crippen molar-refractivity contribution in [2.45, 2.75) is 6.04 Å². The molecular weight excluding hydrogens is 214 g/mol. The normalized spacial score (nSPS) is 12.9. The van der Waals surface area contributed by atoms with Crippen LogP contribution in [0.1, 0.15) is 17.2 Å². The molecule has 0 heterocycles. The Hall–Kier alpha value is -2.29. The van der Waals surface area contributed by atoms with Crippen LogP contribution in [0.5, 0.6) is 0 Å². The van der Waals surface area contributed by atoms with Crippen molar-refractivity contribution in [3.8, 4) is 11.1 Å². The molecule has 0 aromatic heterocycles. The Kier molecular flexibility index (Phi) is 2.11. The molecule has 2 aromatic rings. The summed E-state index contributed by atoms with van der Waals surface area (Å²) in [6.07, 6.45) is -1.25. The fourth-order valence-electron chi connectivity index (χ4n) is 2.43. The van der Waals surface area contributed by atoms with Crippen LogP contribution in [-0.2, 0) is 5.11 Å². The van der Waals surface area contributed by atoms with Gasteiger partial charge in [0.05, 0.1) is 6.04 Å². The van der Waals surface area contributed by atoms with Crippen LogP contribution in [-0.4, -0.2) is 6.09 Å². The van der Waals surface area contributed by atoms with Gasteiger partial charge < -0.3 is 5.32 Å². The summed E-state index contributed by atoms with van der Waals surface area (Å²) in [4.78, 5) is 10.8. The minimum Gasteiger partial charge on any atom is -0.307 e. The minimum absolute atomic E-state index is 0.313. The molecule has 1 amide bonds. The molecule has 17 heavy (non-hydrogen) atoms. The van der Waals surface area contributed by atoms with Crippen LogP contribution in [0.4, 0.5) is 4.79 Å². The fourth-order valence-corrected chi connectivity index (χ4v) is 2.43. The summed E-state index contributed by atoms with van der Waals surface area (Å²) in [5, 5.41) is 13.2. The maximum atomic E-state index is 10.8. The highest BCUT2D eigenvalue weighted by Crippen LogP contribution is 2.42. The average molecular weight is 224 g/mol. The summed E-state index contributed by atoms with van der Waals surface area (Å²) in [6.45, 7) is 0. The van der Waals surface area contributed by atoms with E-state index in [1.165, 1.54) is 0 Å². The Morgan fingerprint density at radius 1 is 0.882 bits per heavy atom. The highest BCUT2D eigenvalue weighted by molar-refractivity contribution is 5.80. The molecule has 83 valence electrons. The first-order chi connectivity index (χ1) is 8.27. The van der Waals surface area contributed by atoms with Crippen molar-refractivity contribution < 1.29 is 9.90 Å². The zero-order valence-electron chi connectivity index (χ0n) is 9.01. The van der Waals surface area contributed by atoms with Gasteiger partial charge in [-0.25, -0.2) is 9.90 Å². The number of nitrogens with one attached hydrogen (secondary N) is 1. The fraction of sp³-hybridized carbons (Fsp3) is 0.0714. The molecule has 0 bridgehead atoms. The highest BCUT2D eigenvalue weighted by atomic mass is 16.4. The van der Waals surface area contributed by atoms with Crippen molar-refractivity contribution in [1.29, 1.82) is 0 Å². The highest BCUT2D eigenvalue weighted by Gasteiger charge is 2.29. The summed E-state index contributed by atoms with van der Waals surface area (Å²) < 4.78 is 0. The number of rotatable bonds is 1. The van der Waals surface area contributed by atoms with Gasteiger partial charge in [0.25, 0.3) is 0 Å². The van der Waals surface area contributed by atoms with E-state index in [-0.39, 0.29) is 6.04 Å². The number of fused-ring (bicyclic) bond motifs is 3. The molecule has 0 spiro atoms. The summed E-state index contributed by atoms with van der Waals surface area (Å²) in [5.41, 5.74) is 4.14. The van der Waals surface area contributed by atoms with E-state index in [4.69, 9.17) is 0 Å². The van der Waals surface area contributed by atoms with Gasteiger partial charge in [-0.05, 0) is 22.3 Å². The second kappa shape index (κ2) is 3.63. The molecule has 0 unspecified atom stereocenters. The number of carbonyl (C=O) groups is 1. The number of amides is 1. The quantitative estimate of drug-likeness (QED) is 0.795. The second-order valence-corrected chi connectivity index (χ2v) is 4.04. The molecule has 3 heteroatoms. The molecule has 2 aromatic carbocycles. The van der Waals surface area contributed by atoms with Crippen LogP contribution in [0.3, 0.4) is 0 Å². The predicted octanol–water partition coefficient (Wildman–Crippen LogP) is 2.90. The summed E-state index contributed by atoms with van der Waals surface area (Å²) in [6, 6.07) is 15.3. The van der Waals surface area contributed by atoms with Crippen LogP contribution in [0.15, 0.2) is 48.5 Å². The maximum Gasteiger partial charge on any atom is 0.451 e. The zero-order chi connectivity index (χ0) is 11.8. The molecule has 0 atom stereocenters. The lowest BCUT2D eigenvalue weighted by molar-refractivity contribution is 0.166. The van der Waals surface area contributed by atoms with E-state index < -0.39 is 6.09 Å². The van der Waals surface area contributed by atoms with E-state index in [1.807, 2.05) is 48.5 Å². The van der Waals surface area contributed by atoms with Gasteiger partial charge in [0.2, 0.25) is 0 Å². The third-order valence-electron chi connectivity index (χ3n) is 3.10. The van der Waals surface area contributed by atoms with Crippen LogP contribution in [0, 0.1) is 0 Å². The Morgan fingerprint density at radius 2 is 1.35 bits per heavy atom. The van der Waals surface area contributed by atoms with Crippen molar-refractivity contribution in [3.05, 3.63) is 59.7 Å². The largest absolute Gasteiger partial charge is 0.451 e. The molecule has 1 radical (unpaired) electrons. The predicted molar refractivity (Wildman–Crippen MR) is 62.9 cm³/mol. The lowest BCUT2D eigenvalue weighted by Gasteiger charge is -2.11. The van der Waals surface area contributed by atoms with Crippen molar-refractivity contribution in [1.82, 2.24) is 5.32 Å². The van der Waals surface area contributed by atoms with Gasteiger partial charge in [-0.15, -0.1) is 0 Å². The lowest BCUT2D eigenvalue weighted by atomic mass is 10.1. The van der Waals surface area contributed by atoms with Crippen LogP contribution in [0.2, 0.25) is 0 Å². The first-order valence-electron chi connectivity index (χ1n) is 5.43. The number of benzene rings is 2. The Bertz CT molecular complexity index is 547. The molecule has 0 saturated carbocycles. The van der Waals surface area contributed by atoms with Gasteiger partial charge in [0.1, 0.15) is 0 Å². The molecule has 1 aliphatic carbocycles. The summed E-state index contributed by atoms with van der Waals surface area (Å²) in [7, 11) is 0. The molecular formula is C14H10NO2. The number of hydrogen-bond acceptors (Lipinski definition) is 1. The average Bonchev–Trinajstić information content (AvgIpc) is 2.65. The van der Waals surface area contributed by atoms with E-state index in [0.29, 0.717) is 0 Å². The van der Waals surface area contributed by atoms with Crippen LogP contribution in [0.25, 0.3) is 11.1 Å². The van der Waals surface area contributed by atoms with E-state index in [2.05, 4.69) is 5.32 Å². The third-order valence-corrected chi connectivity index (χ3v) is 3.10. The standard InChI is InChI=1S/C14H10NO2/c16-14(17)15-13-11-7-3-1-5-9(11)10-6-2-4-8-12(10)13/h1-8,13,15H. The molecule has 0 fully saturated rings. The molecule has 0 saturated heterocycles. The van der Waals surface area contributed by atoms with E-state index in [0.717, 1.165) is 22.3 Å². The first-order valence-corrected chi connectivity index (χ1v) is 5.43. The van der Waals surface area contributed by atoms with Gasteiger partial charge in [0.15, 0.2) is 0 Å². The van der Waals surface area contributed by atoms with E-state index in [1.54, 1.807) is 0 Å². The maximum absolute atomic E-state index is 10.8. The van der Waals surface area contributed by atoms with Crippen molar-refractivity contribution in [2.75, 3.05) is 0 Å². The van der Waals surface area contributed by atoms with Gasteiger partial charge in [-0.2, -0.15) is 0 Å². The molecule has 3 rings (SSSR count). The van der Waals surface area contributed by atoms with Gasteiger partial charge >= 0.3 is 6.09 Å². The number of hydrogen-bond donors (Lipinski definition) is 1. The smallest absolute Gasteiger partial charge is 0.307 e. The van der Waals surface area contributed by atoms with E-state index >= 15 is 0 Å². The molecule has 1 aliphatic rings. The number of carbonyl (C=O) groups excluding carboxylic acids is 1. The molecule has 3 nitrogen and oxygen atoms in total. The second-order valence-electron chi connectivity index (χ2n) is 4.04. The monoisotopic (exact) mass is 224 g/mol. The van der Waals surface area contributed by atoms with Crippen LogP contribution >= 0.6 is 0 Å². The Labute approximate surface area is 98.7 Å². The minimum atomic E-state index is -1.25. The van der Waals surface area contributed by atoms with Crippen molar-refractivity contribution in [2.24, 2.45) is 0 Å². The van der Waals surface area contributed by atoms with Crippen molar-refractivity contribution in [3.63, 3.8) is 0 Å². The van der Waals surface area contributed by atoms with Crippen molar-refractivity contribution >= 4 is 6.09 Å². The van der Waals surface area contributed by atoms with Gasteiger partial charge in [-0.1, -0.05) is 48.5 Å². The molecule has 1 N–H and O–H groups in total. The van der Waals surface area contributed by atoms with Gasteiger partial charge in [-0.3, -0.25) is 0 Å². The Morgan fingerprint density at radius 3 is 1.82 bits per heavy atom. The Balaban J connectivity index is 2.20. The first kappa shape index (κ1) is 9.90. The zero-order valence-corrected chi connectivity index (χ0v) is 9.01.